The molecule has 0 aromatic heterocycles. The average Bonchev–Trinajstić information content (AvgIpc) is 2.71. The summed E-state index contributed by atoms with van der Waals surface area (Å²) in [6, 6.07) is 14.3. The van der Waals surface area contributed by atoms with Crippen LogP contribution in [0.3, 0.4) is 0 Å². The Morgan fingerprint density at radius 2 is 1.72 bits per heavy atom. The number of hydrogen-bond acceptors (Lipinski definition) is 5. The van der Waals surface area contributed by atoms with Gasteiger partial charge in [-0.1, -0.05) is 30.3 Å². The molecule has 0 radical (unpaired) electrons. The van der Waals surface area contributed by atoms with Crippen molar-refractivity contribution in [1.82, 2.24) is 15.5 Å². The van der Waals surface area contributed by atoms with Crippen LogP contribution in [0.5, 0.6) is 0 Å². The molecule has 0 saturated heterocycles. The average molecular weight is 396 g/mol. The molecule has 8 heteroatoms. The predicted octanol–water partition coefficient (Wildman–Crippen LogP) is 2.43. The number of amides is 2. The summed E-state index contributed by atoms with van der Waals surface area (Å²) >= 11 is 0. The van der Waals surface area contributed by atoms with Crippen LogP contribution in [0.1, 0.15) is 22.3 Å². The molecule has 0 aliphatic rings. The molecule has 2 N–H and O–H groups in total. The second-order valence-corrected chi connectivity index (χ2v) is 6.64. The molecule has 0 aliphatic heterocycles. The van der Waals surface area contributed by atoms with Gasteiger partial charge in [-0.2, -0.15) is 0 Å². The van der Waals surface area contributed by atoms with Crippen LogP contribution in [0.2, 0.25) is 0 Å². The lowest BCUT2D eigenvalue weighted by Crippen LogP contribution is -2.36. The van der Waals surface area contributed by atoms with Crippen LogP contribution < -0.4 is 10.6 Å². The van der Waals surface area contributed by atoms with Crippen molar-refractivity contribution in [3.63, 3.8) is 0 Å². The second kappa shape index (κ2) is 10.7. The molecule has 0 fully saturated rings. The highest BCUT2D eigenvalue weighted by atomic mass is 16.6. The van der Waals surface area contributed by atoms with Gasteiger partial charge in [-0.25, -0.2) is 0 Å². The Morgan fingerprint density at radius 3 is 2.31 bits per heavy atom. The van der Waals surface area contributed by atoms with Crippen LogP contribution in [-0.2, 0) is 4.79 Å². The lowest BCUT2D eigenvalue weighted by atomic mass is 10.1. The molecular weight excluding hydrogens is 372 g/mol. The zero-order chi connectivity index (χ0) is 21.2. The Labute approximate surface area is 169 Å². The lowest BCUT2D eigenvalue weighted by Gasteiger charge is -2.13. The van der Waals surface area contributed by atoms with E-state index < -0.39 is 16.7 Å². The first-order valence-electron chi connectivity index (χ1n) is 9.12. The van der Waals surface area contributed by atoms with Gasteiger partial charge in [0, 0.05) is 24.2 Å². The Hall–Kier alpha value is -3.52. The van der Waals surface area contributed by atoms with Crippen LogP contribution in [0, 0.1) is 10.1 Å². The molecule has 152 valence electrons. The Morgan fingerprint density at radius 1 is 1.07 bits per heavy atom. The number of benzene rings is 2. The van der Waals surface area contributed by atoms with Gasteiger partial charge in [-0.3, -0.25) is 19.7 Å². The maximum absolute atomic E-state index is 12.6. The minimum absolute atomic E-state index is 0.101. The third-order valence-corrected chi connectivity index (χ3v) is 4.01. The largest absolute Gasteiger partial charge is 0.351 e. The summed E-state index contributed by atoms with van der Waals surface area (Å²) in [5.74, 6) is -0.923. The van der Waals surface area contributed by atoms with Crippen LogP contribution in [-0.4, -0.2) is 48.8 Å². The number of rotatable bonds is 9. The maximum Gasteiger partial charge on any atom is 0.269 e. The van der Waals surface area contributed by atoms with Crippen LogP contribution in [0.25, 0.3) is 6.08 Å². The lowest BCUT2D eigenvalue weighted by molar-refractivity contribution is -0.384. The molecule has 0 spiro atoms. The summed E-state index contributed by atoms with van der Waals surface area (Å²) in [6.45, 7) is 1.30. The van der Waals surface area contributed by atoms with Gasteiger partial charge in [0.05, 0.1) is 4.92 Å². The minimum atomic E-state index is -0.538. The number of carbonyl (C=O) groups excluding carboxylic acids is 2. The van der Waals surface area contributed by atoms with E-state index in [1.807, 2.05) is 49.3 Å². The van der Waals surface area contributed by atoms with Gasteiger partial charge in [0.2, 0.25) is 0 Å². The van der Waals surface area contributed by atoms with E-state index in [4.69, 9.17) is 0 Å². The van der Waals surface area contributed by atoms with E-state index in [1.54, 1.807) is 6.08 Å². The van der Waals surface area contributed by atoms with Gasteiger partial charge in [-0.15, -0.1) is 0 Å². The number of nitro groups is 1. The molecule has 0 saturated carbocycles. The highest BCUT2D eigenvalue weighted by Gasteiger charge is 2.15. The highest BCUT2D eigenvalue weighted by Crippen LogP contribution is 2.13. The fourth-order valence-corrected chi connectivity index (χ4v) is 2.50. The molecule has 2 aromatic rings. The van der Waals surface area contributed by atoms with Gasteiger partial charge in [0.25, 0.3) is 17.5 Å². The topological polar surface area (TPSA) is 105 Å². The molecule has 0 bridgehead atoms. The SMILES string of the molecule is CN(C)CCCNC(=O)C(=Cc1ccccc1)NC(=O)c1ccc([N+](=O)[O-])cc1. The van der Waals surface area contributed by atoms with Crippen molar-refractivity contribution in [2.24, 2.45) is 0 Å². The fourth-order valence-electron chi connectivity index (χ4n) is 2.50. The Kier molecular flexibility index (Phi) is 8.05. The molecule has 0 aliphatic carbocycles. The van der Waals surface area contributed by atoms with Gasteiger partial charge < -0.3 is 15.5 Å². The number of carbonyl (C=O) groups is 2. The minimum Gasteiger partial charge on any atom is -0.351 e. The van der Waals surface area contributed by atoms with Crippen LogP contribution in [0.15, 0.2) is 60.3 Å². The summed E-state index contributed by atoms with van der Waals surface area (Å²) in [4.78, 5) is 37.4. The van der Waals surface area contributed by atoms with E-state index >= 15 is 0 Å². The van der Waals surface area contributed by atoms with Gasteiger partial charge >= 0.3 is 0 Å². The van der Waals surface area contributed by atoms with Crippen LogP contribution >= 0.6 is 0 Å². The van der Waals surface area contributed by atoms with Gasteiger partial charge in [0.1, 0.15) is 5.70 Å². The smallest absolute Gasteiger partial charge is 0.269 e. The number of nitro benzene ring substituents is 1. The van der Waals surface area contributed by atoms with E-state index in [0.29, 0.717) is 6.54 Å². The highest BCUT2D eigenvalue weighted by molar-refractivity contribution is 6.05. The molecular formula is C21H24N4O4. The van der Waals surface area contributed by atoms with Crippen molar-refractivity contribution in [2.45, 2.75) is 6.42 Å². The normalized spacial score (nSPS) is 11.2. The number of hydrogen-bond donors (Lipinski definition) is 2. The maximum atomic E-state index is 12.6. The molecule has 8 nitrogen and oxygen atoms in total. The molecule has 2 aromatic carbocycles. The molecule has 0 unspecified atom stereocenters. The number of non-ortho nitro benzene ring substituents is 1. The summed E-state index contributed by atoms with van der Waals surface area (Å²) < 4.78 is 0. The van der Waals surface area contributed by atoms with Crippen molar-refractivity contribution >= 4 is 23.6 Å². The molecule has 2 rings (SSSR count). The van der Waals surface area contributed by atoms with E-state index in [2.05, 4.69) is 10.6 Å². The Bertz CT molecular complexity index is 877. The molecule has 0 heterocycles. The van der Waals surface area contributed by atoms with Crippen molar-refractivity contribution < 1.29 is 14.5 Å². The third kappa shape index (κ3) is 7.19. The quantitative estimate of drug-likeness (QED) is 0.293. The fraction of sp³-hybridized carbons (Fsp3) is 0.238. The van der Waals surface area contributed by atoms with E-state index in [1.165, 1.54) is 24.3 Å². The zero-order valence-corrected chi connectivity index (χ0v) is 16.4. The summed E-state index contributed by atoms with van der Waals surface area (Å²) in [5.41, 5.74) is 0.967. The first-order valence-corrected chi connectivity index (χ1v) is 9.12. The van der Waals surface area contributed by atoms with Crippen molar-refractivity contribution in [2.75, 3.05) is 27.2 Å². The number of nitrogens with zero attached hydrogens (tertiary/aromatic N) is 2. The van der Waals surface area contributed by atoms with Gasteiger partial charge in [-0.05, 0) is 50.8 Å². The van der Waals surface area contributed by atoms with Crippen molar-refractivity contribution in [1.29, 1.82) is 0 Å². The summed E-state index contributed by atoms with van der Waals surface area (Å²) in [6.07, 6.45) is 2.36. The zero-order valence-electron chi connectivity index (χ0n) is 16.4. The van der Waals surface area contributed by atoms with Crippen molar-refractivity contribution in [3.05, 3.63) is 81.5 Å². The first-order chi connectivity index (χ1) is 13.9. The summed E-state index contributed by atoms with van der Waals surface area (Å²) in [5, 5.41) is 16.2. The standard InChI is InChI=1S/C21H24N4O4/c1-24(2)14-6-13-22-21(27)19(15-16-7-4-3-5-8-16)23-20(26)17-9-11-18(12-10-17)25(28)29/h3-5,7-12,15H,6,13-14H2,1-2H3,(H,22,27)(H,23,26). The monoisotopic (exact) mass is 396 g/mol. The van der Waals surface area contributed by atoms with Crippen molar-refractivity contribution in [3.8, 4) is 0 Å². The molecule has 2 amide bonds. The summed E-state index contributed by atoms with van der Waals surface area (Å²) in [7, 11) is 3.90. The van der Waals surface area contributed by atoms with Crippen LogP contribution in [0.4, 0.5) is 5.69 Å². The second-order valence-electron chi connectivity index (χ2n) is 6.64. The Balaban J connectivity index is 2.14. The molecule has 0 atom stereocenters. The van der Waals surface area contributed by atoms with E-state index in [9.17, 15) is 19.7 Å². The predicted molar refractivity (Wildman–Crippen MR) is 111 cm³/mol. The van der Waals surface area contributed by atoms with E-state index in [-0.39, 0.29) is 16.9 Å². The molecule has 29 heavy (non-hydrogen) atoms. The van der Waals surface area contributed by atoms with E-state index in [0.717, 1.165) is 18.5 Å². The van der Waals surface area contributed by atoms with Gasteiger partial charge in [0.15, 0.2) is 0 Å². The first kappa shape index (κ1) is 21.8. The third-order valence-electron chi connectivity index (χ3n) is 4.01. The number of nitrogens with one attached hydrogen (secondary N) is 2.